The Morgan fingerprint density at radius 2 is 1.71 bits per heavy atom. The van der Waals surface area contributed by atoms with Crippen molar-refractivity contribution >= 4 is 5.97 Å². The Morgan fingerprint density at radius 1 is 1.05 bits per heavy atom. The summed E-state index contributed by atoms with van der Waals surface area (Å²) in [7, 11) is 1.44. The second-order valence-electron chi connectivity index (χ2n) is 5.73. The minimum atomic E-state index is -0.255. The number of aliphatic hydroxyl groups is 1. The number of carbonyl (C=O) groups excluding carboxylic acids is 1. The molecule has 0 aliphatic carbocycles. The lowest BCUT2D eigenvalue weighted by atomic mass is 10.1. The molecule has 0 radical (unpaired) electrons. The molecule has 0 fully saturated rings. The topological polar surface area (TPSA) is 46.5 Å². The third-order valence-electron chi connectivity index (χ3n) is 3.69. The van der Waals surface area contributed by atoms with Crippen LogP contribution < -0.4 is 0 Å². The number of unbranched alkanes of at least 4 members (excludes halogenated alkanes) is 8. The number of aliphatic hydroxyl groups excluding tert-OH is 1. The smallest absolute Gasteiger partial charge is 0.305 e. The standard InChI is InChI=1S/C18H34O3/c1-3-4-11-14-17(19)15-12-9-7-5-6-8-10-13-16-18(20)21-2/h12,15,17,19H,3-11,13-14,16H2,1-2H3/b15-12+. The van der Waals surface area contributed by atoms with E-state index >= 15 is 0 Å². The van der Waals surface area contributed by atoms with E-state index in [0.717, 1.165) is 32.1 Å². The largest absolute Gasteiger partial charge is 0.469 e. The van der Waals surface area contributed by atoms with Crippen LogP contribution in [-0.4, -0.2) is 24.3 Å². The molecular formula is C18H34O3. The van der Waals surface area contributed by atoms with Crippen molar-refractivity contribution in [3.05, 3.63) is 12.2 Å². The molecule has 0 rings (SSSR count). The quantitative estimate of drug-likeness (QED) is 0.285. The predicted octanol–water partition coefficient (Wildman–Crippen LogP) is 4.78. The predicted molar refractivity (Wildman–Crippen MR) is 88.2 cm³/mol. The summed E-state index contributed by atoms with van der Waals surface area (Å²) in [6.07, 6.45) is 16.8. The van der Waals surface area contributed by atoms with Crippen LogP contribution in [0, 0.1) is 0 Å². The van der Waals surface area contributed by atoms with E-state index in [1.165, 1.54) is 45.6 Å². The Hall–Kier alpha value is -0.830. The molecule has 3 nitrogen and oxygen atoms in total. The van der Waals surface area contributed by atoms with Crippen LogP contribution in [0.3, 0.4) is 0 Å². The number of ether oxygens (including phenoxy) is 1. The van der Waals surface area contributed by atoms with Crippen molar-refractivity contribution in [1.82, 2.24) is 0 Å². The van der Waals surface area contributed by atoms with Crippen molar-refractivity contribution in [3.63, 3.8) is 0 Å². The Labute approximate surface area is 130 Å². The van der Waals surface area contributed by atoms with Gasteiger partial charge in [-0.3, -0.25) is 4.79 Å². The van der Waals surface area contributed by atoms with Crippen LogP contribution in [0.4, 0.5) is 0 Å². The molecule has 124 valence electrons. The van der Waals surface area contributed by atoms with E-state index in [2.05, 4.69) is 17.7 Å². The molecule has 0 aromatic heterocycles. The molecule has 0 aliphatic rings. The van der Waals surface area contributed by atoms with Crippen LogP contribution >= 0.6 is 0 Å². The fourth-order valence-electron chi connectivity index (χ4n) is 2.29. The first kappa shape index (κ1) is 20.2. The number of esters is 1. The molecule has 1 N–H and O–H groups in total. The van der Waals surface area contributed by atoms with Gasteiger partial charge in [0.25, 0.3) is 0 Å². The van der Waals surface area contributed by atoms with E-state index in [1.807, 2.05) is 6.08 Å². The molecule has 0 heterocycles. The molecule has 1 atom stereocenters. The normalized spacial score (nSPS) is 12.7. The molecule has 21 heavy (non-hydrogen) atoms. The van der Waals surface area contributed by atoms with Crippen molar-refractivity contribution in [2.45, 2.75) is 90.1 Å². The van der Waals surface area contributed by atoms with Crippen LogP contribution in [0.5, 0.6) is 0 Å². The van der Waals surface area contributed by atoms with Crippen LogP contribution in [-0.2, 0) is 9.53 Å². The van der Waals surface area contributed by atoms with E-state index in [4.69, 9.17) is 0 Å². The van der Waals surface area contributed by atoms with Gasteiger partial charge in [-0.1, -0.05) is 64.0 Å². The van der Waals surface area contributed by atoms with Crippen LogP contribution in [0.25, 0.3) is 0 Å². The Morgan fingerprint density at radius 3 is 2.38 bits per heavy atom. The Balaban J connectivity index is 3.26. The molecule has 0 spiro atoms. The second-order valence-corrected chi connectivity index (χ2v) is 5.73. The maximum atomic E-state index is 10.9. The molecule has 3 heteroatoms. The third-order valence-corrected chi connectivity index (χ3v) is 3.69. The summed E-state index contributed by atoms with van der Waals surface area (Å²) >= 11 is 0. The highest BCUT2D eigenvalue weighted by molar-refractivity contribution is 5.68. The Kier molecular flexibility index (Phi) is 14.9. The summed E-state index contributed by atoms with van der Waals surface area (Å²) in [6, 6.07) is 0. The molecule has 1 unspecified atom stereocenters. The molecule has 0 saturated carbocycles. The van der Waals surface area contributed by atoms with Gasteiger partial charge in [0.05, 0.1) is 13.2 Å². The monoisotopic (exact) mass is 298 g/mol. The minimum absolute atomic E-state index is 0.0994. The third kappa shape index (κ3) is 15.4. The van der Waals surface area contributed by atoms with Gasteiger partial charge < -0.3 is 9.84 Å². The summed E-state index contributed by atoms with van der Waals surface area (Å²) in [5, 5.41) is 9.72. The first-order valence-corrected chi connectivity index (χ1v) is 8.62. The number of hydrogen-bond acceptors (Lipinski definition) is 3. The summed E-state index contributed by atoms with van der Waals surface area (Å²) in [4.78, 5) is 10.9. The van der Waals surface area contributed by atoms with Gasteiger partial charge in [-0.25, -0.2) is 0 Å². The van der Waals surface area contributed by atoms with Crippen molar-refractivity contribution in [2.24, 2.45) is 0 Å². The molecule has 0 aliphatic heterocycles. The van der Waals surface area contributed by atoms with Gasteiger partial charge in [0.1, 0.15) is 0 Å². The highest BCUT2D eigenvalue weighted by Crippen LogP contribution is 2.10. The molecular weight excluding hydrogens is 264 g/mol. The van der Waals surface area contributed by atoms with Crippen molar-refractivity contribution in [2.75, 3.05) is 7.11 Å². The average Bonchev–Trinajstić information content (AvgIpc) is 2.49. The number of hydrogen-bond donors (Lipinski definition) is 1. The maximum absolute atomic E-state index is 10.9. The molecule has 0 aromatic rings. The minimum Gasteiger partial charge on any atom is -0.469 e. The number of methoxy groups -OCH3 is 1. The lowest BCUT2D eigenvalue weighted by Crippen LogP contribution is -2.01. The van der Waals surface area contributed by atoms with E-state index < -0.39 is 0 Å². The molecule has 0 aromatic carbocycles. The number of rotatable bonds is 14. The fourth-order valence-corrected chi connectivity index (χ4v) is 2.29. The van der Waals surface area contributed by atoms with Gasteiger partial charge in [-0.15, -0.1) is 0 Å². The lowest BCUT2D eigenvalue weighted by molar-refractivity contribution is -0.140. The Bertz CT molecular complexity index is 261. The van der Waals surface area contributed by atoms with Gasteiger partial charge in [0, 0.05) is 6.42 Å². The van der Waals surface area contributed by atoms with Crippen molar-refractivity contribution < 1.29 is 14.6 Å². The number of allylic oxidation sites excluding steroid dienone is 1. The second kappa shape index (κ2) is 15.6. The summed E-state index contributed by atoms with van der Waals surface area (Å²) in [5.41, 5.74) is 0. The van der Waals surface area contributed by atoms with E-state index in [0.29, 0.717) is 6.42 Å². The highest BCUT2D eigenvalue weighted by atomic mass is 16.5. The summed E-state index contributed by atoms with van der Waals surface area (Å²) in [5.74, 6) is -0.0994. The highest BCUT2D eigenvalue weighted by Gasteiger charge is 1.99. The summed E-state index contributed by atoms with van der Waals surface area (Å²) < 4.78 is 4.61. The van der Waals surface area contributed by atoms with Gasteiger partial charge in [0.2, 0.25) is 0 Å². The van der Waals surface area contributed by atoms with E-state index in [1.54, 1.807) is 0 Å². The zero-order valence-electron chi connectivity index (χ0n) is 14.0. The number of carbonyl (C=O) groups is 1. The van der Waals surface area contributed by atoms with Gasteiger partial charge >= 0.3 is 5.97 Å². The fraction of sp³-hybridized carbons (Fsp3) is 0.833. The molecule has 0 amide bonds. The van der Waals surface area contributed by atoms with E-state index in [9.17, 15) is 9.90 Å². The maximum Gasteiger partial charge on any atom is 0.305 e. The van der Waals surface area contributed by atoms with Crippen LogP contribution in [0.1, 0.15) is 84.0 Å². The van der Waals surface area contributed by atoms with Crippen molar-refractivity contribution in [3.8, 4) is 0 Å². The lowest BCUT2D eigenvalue weighted by Gasteiger charge is -2.04. The van der Waals surface area contributed by atoms with E-state index in [-0.39, 0.29) is 12.1 Å². The van der Waals surface area contributed by atoms with Gasteiger partial charge in [-0.05, 0) is 25.7 Å². The van der Waals surface area contributed by atoms with Crippen LogP contribution in [0.2, 0.25) is 0 Å². The SMILES string of the molecule is CCCCCC(O)/C=C/CCCCCCCCC(=O)OC. The zero-order chi connectivity index (χ0) is 15.8. The molecule has 0 saturated heterocycles. The summed E-state index contributed by atoms with van der Waals surface area (Å²) in [6.45, 7) is 2.18. The van der Waals surface area contributed by atoms with Gasteiger partial charge in [0.15, 0.2) is 0 Å². The van der Waals surface area contributed by atoms with Crippen LogP contribution in [0.15, 0.2) is 12.2 Å². The van der Waals surface area contributed by atoms with Gasteiger partial charge in [-0.2, -0.15) is 0 Å². The van der Waals surface area contributed by atoms with Crippen molar-refractivity contribution in [1.29, 1.82) is 0 Å². The average molecular weight is 298 g/mol. The molecule has 0 bridgehead atoms. The first-order chi connectivity index (χ1) is 10.2. The zero-order valence-corrected chi connectivity index (χ0v) is 14.0. The first-order valence-electron chi connectivity index (χ1n) is 8.62.